The molecular formula is C13H15N3OS. The van der Waals surface area contributed by atoms with Crippen molar-refractivity contribution in [1.82, 2.24) is 4.98 Å². The molecule has 0 aliphatic heterocycles. The molecule has 4 nitrogen and oxygen atoms in total. The third-order valence-electron chi connectivity index (χ3n) is 2.28. The van der Waals surface area contributed by atoms with Gasteiger partial charge in [0.1, 0.15) is 5.75 Å². The van der Waals surface area contributed by atoms with Gasteiger partial charge in [0.2, 0.25) is 0 Å². The van der Waals surface area contributed by atoms with Gasteiger partial charge in [-0.3, -0.25) is 0 Å². The molecule has 0 unspecified atom stereocenters. The first-order valence-corrected chi connectivity index (χ1v) is 6.12. The van der Waals surface area contributed by atoms with Crippen LogP contribution in [0.25, 0.3) is 0 Å². The second-order valence-electron chi connectivity index (χ2n) is 3.64. The van der Waals surface area contributed by atoms with E-state index in [9.17, 15) is 0 Å². The summed E-state index contributed by atoms with van der Waals surface area (Å²) in [5.74, 6) is 0.854. The maximum Gasteiger partial charge on any atom is 0.175 e. The molecule has 0 saturated heterocycles. The molecule has 0 radical (unpaired) electrons. The van der Waals surface area contributed by atoms with Crippen LogP contribution in [0.4, 0.5) is 11.4 Å². The zero-order valence-corrected chi connectivity index (χ0v) is 10.9. The van der Waals surface area contributed by atoms with E-state index in [0.717, 1.165) is 17.1 Å². The lowest BCUT2D eigenvalue weighted by Crippen LogP contribution is -2.18. The summed E-state index contributed by atoms with van der Waals surface area (Å²) in [6.45, 7) is 2.63. The predicted molar refractivity (Wildman–Crippen MR) is 78.2 cm³/mol. The molecule has 1 heterocycles. The largest absolute Gasteiger partial charge is 0.494 e. The molecule has 18 heavy (non-hydrogen) atoms. The van der Waals surface area contributed by atoms with Crippen LogP contribution in [0, 0.1) is 0 Å². The highest BCUT2D eigenvalue weighted by Gasteiger charge is 1.99. The number of aromatic amines is 1. The summed E-state index contributed by atoms with van der Waals surface area (Å²) in [4.78, 5) is 2.95. The van der Waals surface area contributed by atoms with E-state index < -0.39 is 0 Å². The van der Waals surface area contributed by atoms with E-state index in [1.807, 2.05) is 49.6 Å². The van der Waals surface area contributed by atoms with E-state index in [2.05, 4.69) is 15.6 Å². The van der Waals surface area contributed by atoms with Gasteiger partial charge in [0.05, 0.1) is 12.3 Å². The number of ether oxygens (including phenoxy) is 1. The number of H-pyrrole nitrogens is 1. The standard InChI is InChI=1S/C13H15N3OS/c1-2-17-12-5-3-10(4-6-12)15-13(18)16-11-7-8-14-9-11/h3-9,14H,2H2,1H3,(H2,15,16,18). The number of nitrogens with one attached hydrogen (secondary N) is 3. The highest BCUT2D eigenvalue weighted by Crippen LogP contribution is 2.16. The van der Waals surface area contributed by atoms with Crippen LogP contribution in [0.2, 0.25) is 0 Å². The lowest BCUT2D eigenvalue weighted by Gasteiger charge is -2.10. The molecule has 2 rings (SSSR count). The van der Waals surface area contributed by atoms with Crippen LogP contribution < -0.4 is 15.4 Å². The molecule has 1 aromatic heterocycles. The molecule has 5 heteroatoms. The number of rotatable bonds is 4. The monoisotopic (exact) mass is 261 g/mol. The molecule has 0 aliphatic carbocycles. The molecule has 0 aliphatic rings. The lowest BCUT2D eigenvalue weighted by atomic mass is 10.3. The Morgan fingerprint density at radius 3 is 2.50 bits per heavy atom. The van der Waals surface area contributed by atoms with Gasteiger partial charge in [-0.25, -0.2) is 0 Å². The van der Waals surface area contributed by atoms with Crippen LogP contribution >= 0.6 is 12.2 Å². The molecule has 3 N–H and O–H groups in total. The third kappa shape index (κ3) is 3.49. The minimum Gasteiger partial charge on any atom is -0.494 e. The number of anilines is 2. The fraction of sp³-hybridized carbons (Fsp3) is 0.154. The zero-order valence-electron chi connectivity index (χ0n) is 10.1. The van der Waals surface area contributed by atoms with Crippen molar-refractivity contribution in [3.8, 4) is 5.75 Å². The summed E-state index contributed by atoms with van der Waals surface area (Å²) in [6.07, 6.45) is 3.67. The van der Waals surface area contributed by atoms with Crippen molar-refractivity contribution in [3.63, 3.8) is 0 Å². The first-order valence-electron chi connectivity index (χ1n) is 5.71. The third-order valence-corrected chi connectivity index (χ3v) is 2.48. The van der Waals surface area contributed by atoms with Crippen molar-refractivity contribution in [1.29, 1.82) is 0 Å². The first kappa shape index (κ1) is 12.4. The molecule has 0 saturated carbocycles. The Hall–Kier alpha value is -2.01. The smallest absolute Gasteiger partial charge is 0.175 e. The van der Waals surface area contributed by atoms with Crippen LogP contribution in [0.3, 0.4) is 0 Å². The SMILES string of the molecule is CCOc1ccc(NC(=S)Nc2cc[nH]c2)cc1. The summed E-state index contributed by atoms with van der Waals surface area (Å²) < 4.78 is 5.37. The molecule has 0 bridgehead atoms. The Labute approximate surface area is 111 Å². The topological polar surface area (TPSA) is 49.1 Å². The van der Waals surface area contributed by atoms with Crippen molar-refractivity contribution < 1.29 is 4.74 Å². The van der Waals surface area contributed by atoms with Gasteiger partial charge in [0.15, 0.2) is 5.11 Å². The maximum absolute atomic E-state index is 5.37. The number of benzene rings is 1. The maximum atomic E-state index is 5.37. The number of aromatic nitrogens is 1. The lowest BCUT2D eigenvalue weighted by molar-refractivity contribution is 0.340. The van der Waals surface area contributed by atoms with Crippen LogP contribution in [0.15, 0.2) is 42.7 Å². The zero-order chi connectivity index (χ0) is 12.8. The molecule has 0 atom stereocenters. The Balaban J connectivity index is 1.90. The second-order valence-corrected chi connectivity index (χ2v) is 4.04. The normalized spacial score (nSPS) is 9.83. The van der Waals surface area contributed by atoms with Gasteiger partial charge in [-0.05, 0) is 49.5 Å². The van der Waals surface area contributed by atoms with E-state index in [4.69, 9.17) is 17.0 Å². The summed E-state index contributed by atoms with van der Waals surface area (Å²) in [7, 11) is 0. The molecule has 94 valence electrons. The Morgan fingerprint density at radius 2 is 1.89 bits per heavy atom. The van der Waals surface area contributed by atoms with Gasteiger partial charge in [0.25, 0.3) is 0 Å². The predicted octanol–water partition coefficient (Wildman–Crippen LogP) is 3.22. The highest BCUT2D eigenvalue weighted by atomic mass is 32.1. The van der Waals surface area contributed by atoms with Crippen molar-refractivity contribution in [2.75, 3.05) is 17.2 Å². The number of hydrogen-bond acceptors (Lipinski definition) is 2. The quantitative estimate of drug-likeness (QED) is 0.740. The Bertz CT molecular complexity index is 493. The summed E-state index contributed by atoms with van der Waals surface area (Å²) in [5, 5.41) is 6.72. The minimum atomic E-state index is 0.554. The fourth-order valence-corrected chi connectivity index (χ4v) is 1.73. The van der Waals surface area contributed by atoms with Crippen LogP contribution in [0.1, 0.15) is 6.92 Å². The van der Waals surface area contributed by atoms with E-state index in [-0.39, 0.29) is 0 Å². The van der Waals surface area contributed by atoms with Crippen molar-refractivity contribution in [3.05, 3.63) is 42.7 Å². The van der Waals surface area contributed by atoms with Crippen LogP contribution in [-0.4, -0.2) is 16.7 Å². The van der Waals surface area contributed by atoms with Crippen LogP contribution in [0.5, 0.6) is 5.75 Å². The van der Waals surface area contributed by atoms with E-state index in [1.165, 1.54) is 0 Å². The van der Waals surface area contributed by atoms with Gasteiger partial charge < -0.3 is 20.4 Å². The highest BCUT2D eigenvalue weighted by molar-refractivity contribution is 7.80. The Kier molecular flexibility index (Phi) is 4.20. The van der Waals surface area contributed by atoms with Gasteiger partial charge in [-0.15, -0.1) is 0 Å². The molecule has 0 fully saturated rings. The second kappa shape index (κ2) is 6.07. The summed E-state index contributed by atoms with van der Waals surface area (Å²) in [5.41, 5.74) is 1.85. The van der Waals surface area contributed by atoms with Crippen molar-refractivity contribution in [2.45, 2.75) is 6.92 Å². The van der Waals surface area contributed by atoms with Gasteiger partial charge in [-0.2, -0.15) is 0 Å². The van der Waals surface area contributed by atoms with Gasteiger partial charge in [-0.1, -0.05) is 0 Å². The van der Waals surface area contributed by atoms with Crippen LogP contribution in [-0.2, 0) is 0 Å². The van der Waals surface area contributed by atoms with E-state index >= 15 is 0 Å². The number of hydrogen-bond donors (Lipinski definition) is 3. The molecule has 0 amide bonds. The van der Waals surface area contributed by atoms with E-state index in [0.29, 0.717) is 11.7 Å². The van der Waals surface area contributed by atoms with Gasteiger partial charge in [0, 0.05) is 18.1 Å². The average molecular weight is 261 g/mol. The van der Waals surface area contributed by atoms with Crippen molar-refractivity contribution in [2.24, 2.45) is 0 Å². The van der Waals surface area contributed by atoms with Gasteiger partial charge >= 0.3 is 0 Å². The Morgan fingerprint density at radius 1 is 1.17 bits per heavy atom. The first-order chi connectivity index (χ1) is 8.78. The molecule has 2 aromatic rings. The van der Waals surface area contributed by atoms with Crippen molar-refractivity contribution >= 4 is 28.7 Å². The number of thiocarbonyl (C=S) groups is 1. The summed E-state index contributed by atoms with van der Waals surface area (Å²) >= 11 is 5.20. The average Bonchev–Trinajstić information content (AvgIpc) is 2.84. The minimum absolute atomic E-state index is 0.554. The summed E-state index contributed by atoms with van der Waals surface area (Å²) in [6, 6.07) is 9.58. The molecule has 0 spiro atoms. The van der Waals surface area contributed by atoms with E-state index in [1.54, 1.807) is 0 Å². The molecule has 1 aromatic carbocycles. The molecular weight excluding hydrogens is 246 g/mol. The fourth-order valence-electron chi connectivity index (χ4n) is 1.50.